The molecule has 0 fully saturated rings. The highest BCUT2D eigenvalue weighted by molar-refractivity contribution is 6.13. The highest BCUT2D eigenvalue weighted by atomic mass is 15.2. The third-order valence-electron chi connectivity index (χ3n) is 12.3. The van der Waals surface area contributed by atoms with Gasteiger partial charge in [-0.15, -0.1) is 0 Å². The lowest BCUT2D eigenvalue weighted by molar-refractivity contribution is 0.633. The average Bonchev–Trinajstić information content (AvgIpc) is 3.84. The summed E-state index contributed by atoms with van der Waals surface area (Å²) in [4.78, 5) is 21.3. The molecule has 0 amide bonds. The Kier molecular flexibility index (Phi) is 7.47. The molecule has 0 unspecified atom stereocenters. The first-order valence-corrected chi connectivity index (χ1v) is 20.5. The van der Waals surface area contributed by atoms with Crippen molar-refractivity contribution in [1.29, 1.82) is 0 Å². The van der Waals surface area contributed by atoms with Gasteiger partial charge in [-0.1, -0.05) is 141 Å². The number of hydrogen-bond donors (Lipinski definition) is 1. The normalized spacial score (nSPS) is 13.3. The van der Waals surface area contributed by atoms with Crippen molar-refractivity contribution in [2.45, 2.75) is 19.3 Å². The monoisotopic (exact) mass is 770 g/mol. The van der Waals surface area contributed by atoms with Crippen LogP contribution in [0.2, 0.25) is 0 Å². The Labute approximate surface area is 347 Å². The standard InChI is InChI=1S/C54H38N6/c1-54(2)43-30-41-39-25-12-14-27-45(39)55-46(41)33-50(43)59(37-22-10-5-11-23-37)49-31-42-40-26-13-15-28-47(40)60(48(42)32-44(49)54)38-24-16-21-36(29-38)53-57-51(34-17-6-3-7-18-34)56-52(58-53)35-19-8-4-9-20-35/h3-33,55H,1-2H3. The number of rotatable bonds is 5. The zero-order chi connectivity index (χ0) is 40.0. The van der Waals surface area contributed by atoms with E-state index in [4.69, 9.17) is 15.0 Å². The maximum atomic E-state index is 5.08. The molecule has 0 saturated heterocycles. The van der Waals surface area contributed by atoms with E-state index in [1.165, 1.54) is 44.0 Å². The molecule has 3 aromatic heterocycles. The van der Waals surface area contributed by atoms with Gasteiger partial charge in [0.2, 0.25) is 0 Å². The number of nitrogens with zero attached hydrogens (tertiary/aromatic N) is 5. The van der Waals surface area contributed by atoms with E-state index in [1.807, 2.05) is 60.7 Å². The van der Waals surface area contributed by atoms with Crippen LogP contribution in [0.4, 0.5) is 17.1 Å². The Hall–Kier alpha value is -7.83. The van der Waals surface area contributed by atoms with Crippen LogP contribution in [0.15, 0.2) is 188 Å². The molecule has 6 nitrogen and oxygen atoms in total. The molecule has 284 valence electrons. The summed E-state index contributed by atoms with van der Waals surface area (Å²) in [6.45, 7) is 4.76. The van der Waals surface area contributed by atoms with Crippen molar-refractivity contribution in [3.63, 3.8) is 0 Å². The first kappa shape index (κ1) is 34.2. The van der Waals surface area contributed by atoms with Crippen molar-refractivity contribution in [2.24, 2.45) is 0 Å². The Bertz CT molecular complexity index is 3400. The summed E-state index contributed by atoms with van der Waals surface area (Å²) < 4.78 is 2.41. The molecule has 4 heterocycles. The van der Waals surface area contributed by atoms with Crippen LogP contribution in [0.1, 0.15) is 25.0 Å². The third kappa shape index (κ3) is 5.24. The van der Waals surface area contributed by atoms with Crippen LogP contribution in [0.5, 0.6) is 0 Å². The van der Waals surface area contributed by atoms with E-state index < -0.39 is 0 Å². The van der Waals surface area contributed by atoms with E-state index in [9.17, 15) is 0 Å². The lowest BCUT2D eigenvalue weighted by Gasteiger charge is -2.42. The molecule has 60 heavy (non-hydrogen) atoms. The number of hydrogen-bond acceptors (Lipinski definition) is 4. The molecule has 0 radical (unpaired) electrons. The van der Waals surface area contributed by atoms with Crippen LogP contribution in [0.25, 0.3) is 83.5 Å². The summed E-state index contributed by atoms with van der Waals surface area (Å²) in [5, 5.41) is 4.87. The van der Waals surface area contributed by atoms with E-state index in [1.54, 1.807) is 0 Å². The van der Waals surface area contributed by atoms with E-state index in [-0.39, 0.29) is 5.41 Å². The summed E-state index contributed by atoms with van der Waals surface area (Å²) in [6, 6.07) is 66.7. The van der Waals surface area contributed by atoms with Gasteiger partial charge in [0.15, 0.2) is 17.5 Å². The third-order valence-corrected chi connectivity index (χ3v) is 12.3. The lowest BCUT2D eigenvalue weighted by atomic mass is 9.72. The van der Waals surface area contributed by atoms with E-state index in [2.05, 4.69) is 156 Å². The molecular formula is C54H38N6. The number of aromatic amines is 1. The zero-order valence-corrected chi connectivity index (χ0v) is 33.1. The molecule has 0 spiro atoms. The van der Waals surface area contributed by atoms with Crippen molar-refractivity contribution >= 4 is 60.7 Å². The molecule has 12 rings (SSSR count). The maximum absolute atomic E-state index is 5.08. The smallest absolute Gasteiger partial charge is 0.164 e. The minimum atomic E-state index is -0.327. The minimum Gasteiger partial charge on any atom is -0.354 e. The number of anilines is 3. The fourth-order valence-electron chi connectivity index (χ4n) is 9.39. The number of para-hydroxylation sites is 3. The predicted molar refractivity (Wildman–Crippen MR) is 247 cm³/mol. The number of aromatic nitrogens is 5. The van der Waals surface area contributed by atoms with E-state index in [0.29, 0.717) is 17.5 Å². The minimum absolute atomic E-state index is 0.327. The maximum Gasteiger partial charge on any atom is 0.164 e. The van der Waals surface area contributed by atoms with Gasteiger partial charge < -0.3 is 14.5 Å². The van der Waals surface area contributed by atoms with Crippen LogP contribution < -0.4 is 4.90 Å². The lowest BCUT2D eigenvalue weighted by Crippen LogP contribution is -2.30. The topological polar surface area (TPSA) is 62.6 Å². The van der Waals surface area contributed by atoms with Gasteiger partial charge in [-0.2, -0.15) is 0 Å². The quantitative estimate of drug-likeness (QED) is 0.189. The van der Waals surface area contributed by atoms with Crippen molar-refractivity contribution in [2.75, 3.05) is 4.90 Å². The van der Waals surface area contributed by atoms with Crippen LogP contribution in [0, 0.1) is 0 Å². The van der Waals surface area contributed by atoms with Crippen molar-refractivity contribution in [1.82, 2.24) is 24.5 Å². The van der Waals surface area contributed by atoms with Gasteiger partial charge in [0.1, 0.15) is 0 Å². The zero-order valence-electron chi connectivity index (χ0n) is 33.1. The molecule has 0 saturated carbocycles. The summed E-state index contributed by atoms with van der Waals surface area (Å²) in [7, 11) is 0. The Morgan fingerprint density at radius 2 is 0.950 bits per heavy atom. The average molecular weight is 771 g/mol. The number of nitrogens with one attached hydrogen (secondary N) is 1. The predicted octanol–water partition coefficient (Wildman–Crippen LogP) is 13.7. The molecule has 0 atom stereocenters. The highest BCUT2D eigenvalue weighted by Crippen LogP contribution is 2.55. The molecular weight excluding hydrogens is 733 g/mol. The Balaban J connectivity index is 1.09. The van der Waals surface area contributed by atoms with Gasteiger partial charge in [0.25, 0.3) is 0 Å². The Morgan fingerprint density at radius 3 is 1.67 bits per heavy atom. The largest absolute Gasteiger partial charge is 0.354 e. The molecule has 1 N–H and O–H groups in total. The highest BCUT2D eigenvalue weighted by Gasteiger charge is 2.38. The molecule has 6 heteroatoms. The van der Waals surface area contributed by atoms with Crippen molar-refractivity contribution in [3.05, 3.63) is 199 Å². The van der Waals surface area contributed by atoms with Gasteiger partial charge in [0, 0.05) is 66.1 Å². The first-order valence-electron chi connectivity index (χ1n) is 20.5. The van der Waals surface area contributed by atoms with Crippen LogP contribution in [-0.2, 0) is 5.41 Å². The molecule has 0 aliphatic carbocycles. The molecule has 0 bridgehead atoms. The van der Waals surface area contributed by atoms with E-state index >= 15 is 0 Å². The number of benzene rings is 8. The molecule has 1 aliphatic rings. The van der Waals surface area contributed by atoms with E-state index in [0.717, 1.165) is 50.1 Å². The molecule has 8 aromatic carbocycles. The summed E-state index contributed by atoms with van der Waals surface area (Å²) >= 11 is 0. The summed E-state index contributed by atoms with van der Waals surface area (Å²) in [5.74, 6) is 1.91. The van der Waals surface area contributed by atoms with Crippen molar-refractivity contribution in [3.8, 4) is 39.9 Å². The summed E-state index contributed by atoms with van der Waals surface area (Å²) in [6.07, 6.45) is 0. The van der Waals surface area contributed by atoms with Gasteiger partial charge in [0.05, 0.1) is 22.4 Å². The second-order valence-corrected chi connectivity index (χ2v) is 16.2. The van der Waals surface area contributed by atoms with Crippen LogP contribution in [0.3, 0.4) is 0 Å². The Morgan fingerprint density at radius 1 is 0.400 bits per heavy atom. The van der Waals surface area contributed by atoms with Gasteiger partial charge in [-0.05, 0) is 71.8 Å². The van der Waals surface area contributed by atoms with Crippen LogP contribution >= 0.6 is 0 Å². The van der Waals surface area contributed by atoms with Gasteiger partial charge in [-0.25, -0.2) is 15.0 Å². The fraction of sp³-hybridized carbons (Fsp3) is 0.0556. The summed E-state index contributed by atoms with van der Waals surface area (Å²) in [5.41, 5.74) is 14.2. The first-order chi connectivity index (χ1) is 29.5. The SMILES string of the molecule is CC1(C)c2cc3c(cc2N(c2ccccc2)c2cc4c5ccccc5n(-c5cccc(-c6nc(-c7ccccc7)nc(-c7ccccc7)n6)c5)c4cc21)[nH]c1ccccc13. The van der Waals surface area contributed by atoms with Crippen LogP contribution in [-0.4, -0.2) is 24.5 Å². The van der Waals surface area contributed by atoms with Gasteiger partial charge in [-0.3, -0.25) is 0 Å². The number of fused-ring (bicyclic) bond motifs is 8. The number of H-pyrrole nitrogens is 1. The molecule has 1 aliphatic heterocycles. The second-order valence-electron chi connectivity index (χ2n) is 16.2. The second kappa shape index (κ2) is 13.1. The van der Waals surface area contributed by atoms with Gasteiger partial charge >= 0.3 is 0 Å². The molecule has 11 aromatic rings. The fourth-order valence-corrected chi connectivity index (χ4v) is 9.39. The van der Waals surface area contributed by atoms with Crippen molar-refractivity contribution < 1.29 is 0 Å².